The smallest absolute Gasteiger partial charge is 0.207 e. The Balaban J connectivity index is 1.76. The lowest BCUT2D eigenvalue weighted by Gasteiger charge is -2.22. The molecule has 88 valence electrons. The fraction of sp³-hybridized carbons (Fsp3) is 0.636. The summed E-state index contributed by atoms with van der Waals surface area (Å²) in [4.78, 5) is 0. The Morgan fingerprint density at radius 3 is 2.75 bits per heavy atom. The topological polar surface area (TPSA) is 46.2 Å². The first-order valence-corrected chi connectivity index (χ1v) is 8.07. The van der Waals surface area contributed by atoms with Gasteiger partial charge < -0.3 is 0 Å². The zero-order valence-electron chi connectivity index (χ0n) is 8.93. The molecule has 3 rings (SSSR count). The molecule has 0 aromatic carbocycles. The fourth-order valence-electron chi connectivity index (χ4n) is 3.06. The number of rotatable bonds is 3. The first kappa shape index (κ1) is 10.7. The van der Waals surface area contributed by atoms with E-state index in [0.717, 1.165) is 12.3 Å². The molecular formula is C11H15NO2S2. The van der Waals surface area contributed by atoms with Crippen LogP contribution in [-0.2, 0) is 10.0 Å². The zero-order valence-corrected chi connectivity index (χ0v) is 10.6. The van der Waals surface area contributed by atoms with Crippen LogP contribution in [0.4, 0.5) is 0 Å². The van der Waals surface area contributed by atoms with Gasteiger partial charge in [-0.1, -0.05) is 12.5 Å². The van der Waals surface area contributed by atoms with E-state index in [4.69, 9.17) is 0 Å². The molecule has 0 aliphatic heterocycles. The van der Waals surface area contributed by atoms with Gasteiger partial charge in [0.25, 0.3) is 0 Å². The van der Waals surface area contributed by atoms with Crippen LogP contribution >= 0.6 is 11.3 Å². The van der Waals surface area contributed by atoms with Crippen LogP contribution < -0.4 is 4.72 Å². The number of nitrogens with one attached hydrogen (secondary N) is 1. The van der Waals surface area contributed by atoms with Crippen molar-refractivity contribution in [3.63, 3.8) is 0 Å². The van der Waals surface area contributed by atoms with Crippen molar-refractivity contribution in [2.45, 2.75) is 35.9 Å². The highest BCUT2D eigenvalue weighted by Crippen LogP contribution is 2.44. The molecule has 0 saturated heterocycles. The molecule has 2 saturated carbocycles. The van der Waals surface area contributed by atoms with Crippen molar-refractivity contribution in [2.24, 2.45) is 11.8 Å². The third-order valence-electron chi connectivity index (χ3n) is 3.80. The van der Waals surface area contributed by atoms with Gasteiger partial charge in [-0.25, -0.2) is 13.1 Å². The molecule has 0 unspecified atom stereocenters. The highest BCUT2D eigenvalue weighted by molar-refractivity contribution is 7.91. The molecule has 1 aromatic heterocycles. The van der Waals surface area contributed by atoms with Crippen molar-refractivity contribution in [2.75, 3.05) is 0 Å². The summed E-state index contributed by atoms with van der Waals surface area (Å²) in [7, 11) is -3.25. The molecule has 2 fully saturated rings. The van der Waals surface area contributed by atoms with Gasteiger partial charge in [-0.2, -0.15) is 0 Å². The molecule has 0 spiro atoms. The summed E-state index contributed by atoms with van der Waals surface area (Å²) in [5, 5.41) is 1.80. The van der Waals surface area contributed by atoms with Gasteiger partial charge in [-0.05, 0) is 42.5 Å². The Morgan fingerprint density at radius 1 is 1.31 bits per heavy atom. The number of hydrogen-bond donors (Lipinski definition) is 1. The highest BCUT2D eigenvalue weighted by Gasteiger charge is 2.41. The summed E-state index contributed by atoms with van der Waals surface area (Å²) in [5.41, 5.74) is 0. The van der Waals surface area contributed by atoms with E-state index in [9.17, 15) is 8.42 Å². The third-order valence-corrected chi connectivity index (χ3v) is 6.69. The van der Waals surface area contributed by atoms with Crippen LogP contribution in [0.3, 0.4) is 0 Å². The third kappa shape index (κ3) is 1.81. The maximum atomic E-state index is 12.0. The summed E-state index contributed by atoms with van der Waals surface area (Å²) >= 11 is 1.28. The first-order valence-electron chi connectivity index (χ1n) is 5.71. The lowest BCUT2D eigenvalue weighted by Crippen LogP contribution is -2.38. The van der Waals surface area contributed by atoms with E-state index in [1.807, 2.05) is 0 Å². The second kappa shape index (κ2) is 3.82. The number of thiophene rings is 1. The summed E-state index contributed by atoms with van der Waals surface area (Å²) in [6.45, 7) is 0. The molecule has 1 N–H and O–H groups in total. The number of hydrogen-bond acceptors (Lipinski definition) is 3. The minimum Gasteiger partial charge on any atom is -0.207 e. The number of sulfonamides is 1. The molecule has 2 bridgehead atoms. The van der Waals surface area contributed by atoms with Crippen LogP contribution in [0.15, 0.2) is 21.7 Å². The largest absolute Gasteiger partial charge is 0.250 e. The predicted molar refractivity (Wildman–Crippen MR) is 63.9 cm³/mol. The molecule has 1 heterocycles. The van der Waals surface area contributed by atoms with Crippen molar-refractivity contribution in [3.05, 3.63) is 17.5 Å². The lowest BCUT2D eigenvalue weighted by molar-refractivity contribution is 0.390. The number of fused-ring (bicyclic) bond motifs is 2. The molecular weight excluding hydrogens is 242 g/mol. The van der Waals surface area contributed by atoms with Crippen LogP contribution in [0, 0.1) is 11.8 Å². The van der Waals surface area contributed by atoms with Crippen LogP contribution in [0.2, 0.25) is 0 Å². The van der Waals surface area contributed by atoms with Crippen LogP contribution in [0.5, 0.6) is 0 Å². The second-order valence-electron chi connectivity index (χ2n) is 4.83. The average molecular weight is 257 g/mol. The maximum absolute atomic E-state index is 12.0. The quantitative estimate of drug-likeness (QED) is 0.902. The van der Waals surface area contributed by atoms with E-state index in [2.05, 4.69) is 4.72 Å². The van der Waals surface area contributed by atoms with Crippen molar-refractivity contribution >= 4 is 21.4 Å². The Kier molecular flexibility index (Phi) is 2.57. The lowest BCUT2D eigenvalue weighted by atomic mass is 9.96. The monoisotopic (exact) mass is 257 g/mol. The molecule has 3 nitrogen and oxygen atoms in total. The molecule has 3 atom stereocenters. The van der Waals surface area contributed by atoms with Gasteiger partial charge in [0.15, 0.2) is 0 Å². The van der Waals surface area contributed by atoms with E-state index < -0.39 is 10.0 Å². The first-order chi connectivity index (χ1) is 7.65. The SMILES string of the molecule is O=S(=O)(N[C@H]1C[C@H]2CC[C@@H]1C2)c1cccs1. The van der Waals surface area contributed by atoms with Crippen LogP contribution in [0.1, 0.15) is 25.7 Å². The van der Waals surface area contributed by atoms with Gasteiger partial charge in [0.2, 0.25) is 10.0 Å². The van der Waals surface area contributed by atoms with E-state index >= 15 is 0 Å². The summed E-state index contributed by atoms with van der Waals surface area (Å²) in [6.07, 6.45) is 4.75. The Hall–Kier alpha value is -0.390. The molecule has 2 aliphatic carbocycles. The Morgan fingerprint density at radius 2 is 2.19 bits per heavy atom. The van der Waals surface area contributed by atoms with E-state index in [1.165, 1.54) is 30.6 Å². The predicted octanol–water partition coefficient (Wildman–Crippen LogP) is 2.21. The van der Waals surface area contributed by atoms with Gasteiger partial charge in [0, 0.05) is 6.04 Å². The standard InChI is InChI=1S/C11H15NO2S2/c13-16(14,11-2-1-5-15-11)12-10-7-8-3-4-9(10)6-8/h1-2,5,8-10,12H,3-4,6-7H2/t8-,9+,10-/m0/s1. The van der Waals surface area contributed by atoms with Gasteiger partial charge >= 0.3 is 0 Å². The van der Waals surface area contributed by atoms with Gasteiger partial charge in [0.05, 0.1) is 0 Å². The zero-order chi connectivity index (χ0) is 11.2. The molecule has 1 aromatic rings. The average Bonchev–Trinajstić information content (AvgIpc) is 2.94. The van der Waals surface area contributed by atoms with Gasteiger partial charge in [-0.15, -0.1) is 11.3 Å². The molecule has 5 heteroatoms. The van der Waals surface area contributed by atoms with Crippen LogP contribution in [-0.4, -0.2) is 14.5 Å². The van der Waals surface area contributed by atoms with Crippen molar-refractivity contribution in [3.8, 4) is 0 Å². The Bertz CT molecular complexity index is 466. The van der Waals surface area contributed by atoms with E-state index in [0.29, 0.717) is 10.1 Å². The molecule has 16 heavy (non-hydrogen) atoms. The van der Waals surface area contributed by atoms with Crippen molar-refractivity contribution in [1.29, 1.82) is 0 Å². The summed E-state index contributed by atoms with van der Waals surface area (Å²) < 4.78 is 27.4. The summed E-state index contributed by atoms with van der Waals surface area (Å²) in [5.74, 6) is 1.35. The van der Waals surface area contributed by atoms with Gasteiger partial charge in [0.1, 0.15) is 4.21 Å². The Labute approximate surface area is 99.9 Å². The second-order valence-corrected chi connectivity index (χ2v) is 7.72. The van der Waals surface area contributed by atoms with Crippen LogP contribution in [0.25, 0.3) is 0 Å². The normalized spacial score (nSPS) is 33.4. The summed E-state index contributed by atoms with van der Waals surface area (Å²) in [6, 6.07) is 3.63. The van der Waals surface area contributed by atoms with Crippen molar-refractivity contribution < 1.29 is 8.42 Å². The molecule has 0 amide bonds. The molecule has 0 radical (unpaired) electrons. The van der Waals surface area contributed by atoms with Crippen molar-refractivity contribution in [1.82, 2.24) is 4.72 Å². The highest BCUT2D eigenvalue weighted by atomic mass is 32.2. The fourth-order valence-corrected chi connectivity index (χ4v) is 5.39. The molecule has 2 aliphatic rings. The van der Waals surface area contributed by atoms with E-state index in [-0.39, 0.29) is 6.04 Å². The minimum atomic E-state index is -3.25. The van der Waals surface area contributed by atoms with Gasteiger partial charge in [-0.3, -0.25) is 0 Å². The van der Waals surface area contributed by atoms with E-state index in [1.54, 1.807) is 17.5 Å². The maximum Gasteiger partial charge on any atom is 0.250 e. The minimum absolute atomic E-state index is 0.186.